The zero-order valence-electron chi connectivity index (χ0n) is 16.1. The van der Waals surface area contributed by atoms with Crippen LogP contribution in [0, 0.1) is 0 Å². The molecule has 1 aliphatic rings. The highest BCUT2D eigenvalue weighted by atomic mass is 16.5. The lowest BCUT2D eigenvalue weighted by atomic mass is 10.1. The lowest BCUT2D eigenvalue weighted by Gasteiger charge is -2.33. The van der Waals surface area contributed by atoms with Gasteiger partial charge in [0.1, 0.15) is 11.9 Å². The molecule has 1 aromatic heterocycles. The van der Waals surface area contributed by atoms with Gasteiger partial charge in [0.05, 0.1) is 18.7 Å². The van der Waals surface area contributed by atoms with Crippen molar-refractivity contribution in [1.82, 2.24) is 14.9 Å². The SMILES string of the molecule is CCOc1ccccc1C(=O)N1CCCC(Oc2nccnc2N(C)C)C1. The van der Waals surface area contributed by atoms with Gasteiger partial charge in [-0.1, -0.05) is 12.1 Å². The minimum atomic E-state index is -0.114. The molecule has 3 rings (SSSR count). The summed E-state index contributed by atoms with van der Waals surface area (Å²) in [5.74, 6) is 1.77. The number of piperidine rings is 1. The molecular formula is C20H26N4O3. The maximum absolute atomic E-state index is 13.0. The molecule has 2 aromatic rings. The van der Waals surface area contributed by atoms with Crippen molar-refractivity contribution in [3.63, 3.8) is 0 Å². The van der Waals surface area contributed by atoms with Crippen LogP contribution in [0.25, 0.3) is 0 Å². The number of amides is 1. The van der Waals surface area contributed by atoms with E-state index in [-0.39, 0.29) is 12.0 Å². The molecule has 27 heavy (non-hydrogen) atoms. The first-order chi connectivity index (χ1) is 13.1. The van der Waals surface area contributed by atoms with Gasteiger partial charge in [0, 0.05) is 33.0 Å². The van der Waals surface area contributed by atoms with Crippen LogP contribution in [-0.4, -0.2) is 60.7 Å². The molecule has 0 N–H and O–H groups in total. The number of para-hydroxylation sites is 1. The molecule has 1 fully saturated rings. The Labute approximate surface area is 159 Å². The Morgan fingerprint density at radius 3 is 2.81 bits per heavy atom. The maximum atomic E-state index is 13.0. The molecule has 0 aliphatic carbocycles. The van der Waals surface area contributed by atoms with Crippen molar-refractivity contribution < 1.29 is 14.3 Å². The predicted octanol–water partition coefficient (Wildman–Crippen LogP) is 2.62. The van der Waals surface area contributed by atoms with E-state index < -0.39 is 0 Å². The van der Waals surface area contributed by atoms with Gasteiger partial charge in [0.2, 0.25) is 0 Å². The third kappa shape index (κ3) is 4.48. The van der Waals surface area contributed by atoms with Crippen molar-refractivity contribution in [2.45, 2.75) is 25.9 Å². The maximum Gasteiger partial charge on any atom is 0.257 e. The van der Waals surface area contributed by atoms with E-state index in [1.54, 1.807) is 12.4 Å². The van der Waals surface area contributed by atoms with E-state index in [1.807, 2.05) is 55.1 Å². The topological polar surface area (TPSA) is 67.8 Å². The monoisotopic (exact) mass is 370 g/mol. The Morgan fingerprint density at radius 2 is 2.04 bits per heavy atom. The standard InChI is InChI=1S/C20H26N4O3/c1-4-26-17-10-6-5-9-16(17)20(25)24-13-7-8-15(14-24)27-19-18(23(2)3)21-11-12-22-19/h5-6,9-12,15H,4,7-8,13-14H2,1-3H3. The van der Waals surface area contributed by atoms with Crippen molar-refractivity contribution >= 4 is 11.7 Å². The lowest BCUT2D eigenvalue weighted by Crippen LogP contribution is -2.44. The van der Waals surface area contributed by atoms with E-state index in [0.717, 1.165) is 12.8 Å². The van der Waals surface area contributed by atoms with E-state index in [9.17, 15) is 4.79 Å². The first kappa shape index (κ1) is 18.9. The summed E-state index contributed by atoms with van der Waals surface area (Å²) in [4.78, 5) is 25.4. The van der Waals surface area contributed by atoms with Gasteiger partial charge in [0.25, 0.3) is 11.8 Å². The van der Waals surface area contributed by atoms with Gasteiger partial charge in [-0.15, -0.1) is 0 Å². The van der Waals surface area contributed by atoms with Crippen LogP contribution in [0.4, 0.5) is 5.82 Å². The molecule has 0 radical (unpaired) electrons. The van der Waals surface area contributed by atoms with Crippen LogP contribution in [0.5, 0.6) is 11.6 Å². The van der Waals surface area contributed by atoms with Crippen molar-refractivity contribution in [1.29, 1.82) is 0 Å². The number of likely N-dealkylation sites (tertiary alicyclic amines) is 1. The number of benzene rings is 1. The van der Waals surface area contributed by atoms with Crippen LogP contribution in [0.2, 0.25) is 0 Å². The lowest BCUT2D eigenvalue weighted by molar-refractivity contribution is 0.0525. The van der Waals surface area contributed by atoms with Gasteiger partial charge in [-0.05, 0) is 31.9 Å². The van der Waals surface area contributed by atoms with Crippen molar-refractivity contribution in [3.8, 4) is 11.6 Å². The number of ether oxygens (including phenoxy) is 2. The van der Waals surface area contributed by atoms with E-state index in [2.05, 4.69) is 9.97 Å². The van der Waals surface area contributed by atoms with Crippen molar-refractivity contribution in [3.05, 3.63) is 42.2 Å². The molecule has 1 atom stereocenters. The number of nitrogens with zero attached hydrogens (tertiary/aromatic N) is 4. The van der Waals surface area contributed by atoms with Gasteiger partial charge in [-0.2, -0.15) is 0 Å². The smallest absolute Gasteiger partial charge is 0.257 e. The van der Waals surface area contributed by atoms with Crippen LogP contribution < -0.4 is 14.4 Å². The molecule has 1 aromatic carbocycles. The molecule has 0 saturated carbocycles. The number of carbonyl (C=O) groups is 1. The first-order valence-electron chi connectivity index (χ1n) is 9.26. The van der Waals surface area contributed by atoms with Crippen LogP contribution in [0.15, 0.2) is 36.7 Å². The quantitative estimate of drug-likeness (QED) is 0.779. The van der Waals surface area contributed by atoms with Crippen molar-refractivity contribution in [2.24, 2.45) is 0 Å². The molecule has 2 heterocycles. The Bertz CT molecular complexity index is 781. The van der Waals surface area contributed by atoms with Gasteiger partial charge in [0.15, 0.2) is 5.82 Å². The highest BCUT2D eigenvalue weighted by Gasteiger charge is 2.28. The van der Waals surface area contributed by atoms with Gasteiger partial charge in [-0.3, -0.25) is 4.79 Å². The van der Waals surface area contributed by atoms with Gasteiger partial charge >= 0.3 is 0 Å². The number of aromatic nitrogens is 2. The molecule has 0 bridgehead atoms. The minimum absolute atomic E-state index is 0.0284. The molecule has 144 valence electrons. The third-order valence-electron chi connectivity index (χ3n) is 4.43. The van der Waals surface area contributed by atoms with E-state index in [0.29, 0.717) is 42.7 Å². The number of carbonyl (C=O) groups excluding carboxylic acids is 1. The summed E-state index contributed by atoms with van der Waals surface area (Å²) in [6.45, 7) is 3.66. The average Bonchev–Trinajstić information content (AvgIpc) is 2.68. The molecule has 7 heteroatoms. The Hall–Kier alpha value is -2.83. The first-order valence-corrected chi connectivity index (χ1v) is 9.26. The second-order valence-corrected chi connectivity index (χ2v) is 6.64. The number of rotatable bonds is 6. The fourth-order valence-corrected chi connectivity index (χ4v) is 3.18. The molecule has 1 aliphatic heterocycles. The summed E-state index contributed by atoms with van der Waals surface area (Å²) in [7, 11) is 3.80. The number of hydrogen-bond acceptors (Lipinski definition) is 6. The summed E-state index contributed by atoms with van der Waals surface area (Å²) in [5, 5.41) is 0. The highest BCUT2D eigenvalue weighted by molar-refractivity contribution is 5.97. The Morgan fingerprint density at radius 1 is 1.26 bits per heavy atom. The number of anilines is 1. The van der Waals surface area contributed by atoms with Crippen molar-refractivity contribution in [2.75, 3.05) is 38.7 Å². The highest BCUT2D eigenvalue weighted by Crippen LogP contribution is 2.26. The summed E-state index contributed by atoms with van der Waals surface area (Å²) < 4.78 is 11.7. The predicted molar refractivity (Wildman–Crippen MR) is 104 cm³/mol. The third-order valence-corrected chi connectivity index (χ3v) is 4.43. The molecular weight excluding hydrogens is 344 g/mol. The minimum Gasteiger partial charge on any atom is -0.493 e. The zero-order valence-corrected chi connectivity index (χ0v) is 16.1. The Kier molecular flexibility index (Phi) is 6.11. The van der Waals surface area contributed by atoms with Crippen LogP contribution in [0.1, 0.15) is 30.1 Å². The second-order valence-electron chi connectivity index (χ2n) is 6.64. The average molecular weight is 370 g/mol. The summed E-state index contributed by atoms with van der Waals surface area (Å²) in [5.41, 5.74) is 0.591. The zero-order chi connectivity index (χ0) is 19.2. The molecule has 1 unspecified atom stereocenters. The van der Waals surface area contributed by atoms with E-state index in [1.165, 1.54) is 0 Å². The normalized spacial score (nSPS) is 16.7. The molecule has 7 nitrogen and oxygen atoms in total. The molecule has 1 saturated heterocycles. The summed E-state index contributed by atoms with van der Waals surface area (Å²) in [6, 6.07) is 7.37. The second kappa shape index (κ2) is 8.70. The van der Waals surface area contributed by atoms with E-state index in [4.69, 9.17) is 9.47 Å². The van der Waals surface area contributed by atoms with Crippen LogP contribution in [0.3, 0.4) is 0 Å². The summed E-state index contributed by atoms with van der Waals surface area (Å²) in [6.07, 6.45) is 4.90. The van der Waals surface area contributed by atoms with Gasteiger partial charge in [-0.25, -0.2) is 9.97 Å². The van der Waals surface area contributed by atoms with E-state index >= 15 is 0 Å². The van der Waals surface area contributed by atoms with Crippen LogP contribution in [-0.2, 0) is 0 Å². The molecule has 1 amide bonds. The number of hydrogen-bond donors (Lipinski definition) is 0. The molecule has 0 spiro atoms. The summed E-state index contributed by atoms with van der Waals surface area (Å²) >= 11 is 0. The fourth-order valence-electron chi connectivity index (χ4n) is 3.18. The fraction of sp³-hybridized carbons (Fsp3) is 0.450. The largest absolute Gasteiger partial charge is 0.493 e. The van der Waals surface area contributed by atoms with Gasteiger partial charge < -0.3 is 19.3 Å². The van der Waals surface area contributed by atoms with Crippen LogP contribution >= 0.6 is 0 Å². The Balaban J connectivity index is 1.72.